The maximum absolute atomic E-state index is 14.3. The number of rotatable bonds is 6. The minimum absolute atomic E-state index is 0.240. The van der Waals surface area contributed by atoms with Gasteiger partial charge in [-0.3, -0.25) is 4.99 Å². The molecule has 0 unspecified atom stereocenters. The number of guanidine groups is 1. The van der Waals surface area contributed by atoms with Gasteiger partial charge in [-0.05, 0) is 41.8 Å². The molecular formula is C20H21F2N5. The molecule has 0 radical (unpaired) electrons. The van der Waals surface area contributed by atoms with Gasteiger partial charge in [-0.25, -0.2) is 13.8 Å². The van der Waals surface area contributed by atoms with Crippen LogP contribution in [-0.4, -0.2) is 29.1 Å². The predicted molar refractivity (Wildman–Crippen MR) is 102 cm³/mol. The Morgan fingerprint density at radius 3 is 2.70 bits per heavy atom. The average molecular weight is 369 g/mol. The summed E-state index contributed by atoms with van der Waals surface area (Å²) < 4.78 is 29.1. The number of nitrogens with one attached hydrogen (secondary N) is 2. The van der Waals surface area contributed by atoms with E-state index in [-0.39, 0.29) is 11.6 Å². The van der Waals surface area contributed by atoms with Crippen molar-refractivity contribution >= 4 is 5.96 Å². The summed E-state index contributed by atoms with van der Waals surface area (Å²) in [6, 6.07) is 11.6. The average Bonchev–Trinajstić information content (AvgIpc) is 3.19. The molecule has 2 N–H and O–H groups in total. The van der Waals surface area contributed by atoms with E-state index >= 15 is 0 Å². The lowest BCUT2D eigenvalue weighted by Gasteiger charge is -2.13. The number of aliphatic imine (C=N–C) groups is 1. The highest BCUT2D eigenvalue weighted by molar-refractivity contribution is 5.79. The second kappa shape index (κ2) is 8.93. The molecule has 0 saturated carbocycles. The van der Waals surface area contributed by atoms with Crippen molar-refractivity contribution in [2.24, 2.45) is 4.99 Å². The standard InChI is InChI=1S/C20H21F2N5/c1-23-20(25-8-7-15-3-2-4-17(21)11-15)26-13-16-5-6-19(18(22)12-16)27-10-9-24-14-27/h2-6,9-12,14H,7-8,13H2,1H3,(H2,23,25,26). The molecule has 5 nitrogen and oxygen atoms in total. The van der Waals surface area contributed by atoms with Gasteiger partial charge in [-0.1, -0.05) is 18.2 Å². The van der Waals surface area contributed by atoms with Crippen LogP contribution in [0.1, 0.15) is 11.1 Å². The quantitative estimate of drug-likeness (QED) is 0.519. The van der Waals surface area contributed by atoms with Crippen molar-refractivity contribution in [3.8, 4) is 5.69 Å². The number of halogens is 2. The lowest BCUT2D eigenvalue weighted by atomic mass is 10.1. The molecule has 0 aliphatic carbocycles. The van der Waals surface area contributed by atoms with Crippen LogP contribution in [0.2, 0.25) is 0 Å². The van der Waals surface area contributed by atoms with Gasteiger partial charge in [-0.15, -0.1) is 0 Å². The summed E-state index contributed by atoms with van der Waals surface area (Å²) >= 11 is 0. The van der Waals surface area contributed by atoms with Crippen LogP contribution < -0.4 is 10.6 Å². The molecule has 1 heterocycles. The van der Waals surface area contributed by atoms with Crippen molar-refractivity contribution in [3.63, 3.8) is 0 Å². The second-order valence-corrected chi connectivity index (χ2v) is 5.99. The summed E-state index contributed by atoms with van der Waals surface area (Å²) in [5.74, 6) is 0.0445. The van der Waals surface area contributed by atoms with E-state index in [9.17, 15) is 8.78 Å². The van der Waals surface area contributed by atoms with Gasteiger partial charge in [-0.2, -0.15) is 0 Å². The van der Waals surface area contributed by atoms with Gasteiger partial charge in [0.25, 0.3) is 0 Å². The summed E-state index contributed by atoms with van der Waals surface area (Å²) in [7, 11) is 1.67. The van der Waals surface area contributed by atoms with E-state index in [1.165, 1.54) is 18.2 Å². The third-order valence-electron chi connectivity index (χ3n) is 4.07. The first-order chi connectivity index (χ1) is 13.2. The fourth-order valence-electron chi connectivity index (χ4n) is 2.70. The Labute approximate surface area is 156 Å². The van der Waals surface area contributed by atoms with E-state index in [1.54, 1.807) is 42.5 Å². The van der Waals surface area contributed by atoms with Crippen LogP contribution in [-0.2, 0) is 13.0 Å². The van der Waals surface area contributed by atoms with Gasteiger partial charge in [0.1, 0.15) is 11.6 Å². The molecule has 0 saturated heterocycles. The molecule has 7 heteroatoms. The first kappa shape index (κ1) is 18.6. The lowest BCUT2D eigenvalue weighted by molar-refractivity contribution is 0.614. The normalized spacial score (nSPS) is 11.4. The number of nitrogens with zero attached hydrogens (tertiary/aromatic N) is 3. The fraction of sp³-hybridized carbons (Fsp3) is 0.200. The highest BCUT2D eigenvalue weighted by atomic mass is 19.1. The molecule has 3 aromatic rings. The van der Waals surface area contributed by atoms with E-state index in [4.69, 9.17) is 0 Å². The van der Waals surface area contributed by atoms with Gasteiger partial charge in [0.05, 0.1) is 12.0 Å². The number of imidazole rings is 1. The summed E-state index contributed by atoms with van der Waals surface area (Å²) in [6.45, 7) is 1.04. The zero-order valence-corrected chi connectivity index (χ0v) is 15.0. The van der Waals surface area contributed by atoms with Gasteiger partial charge >= 0.3 is 0 Å². The number of benzene rings is 2. The van der Waals surface area contributed by atoms with Crippen molar-refractivity contribution in [1.29, 1.82) is 0 Å². The highest BCUT2D eigenvalue weighted by Gasteiger charge is 2.06. The van der Waals surface area contributed by atoms with Gasteiger partial charge in [0.2, 0.25) is 0 Å². The van der Waals surface area contributed by atoms with E-state index in [2.05, 4.69) is 20.6 Å². The van der Waals surface area contributed by atoms with Crippen LogP contribution in [0.25, 0.3) is 5.69 Å². The molecule has 27 heavy (non-hydrogen) atoms. The Kier molecular flexibility index (Phi) is 6.14. The minimum atomic E-state index is -0.318. The molecule has 2 aromatic carbocycles. The molecule has 0 aliphatic heterocycles. The predicted octanol–water partition coefficient (Wildman–Crippen LogP) is 3.06. The molecule has 140 valence electrons. The summed E-state index contributed by atoms with van der Waals surface area (Å²) in [5.41, 5.74) is 2.16. The molecule has 3 rings (SSSR count). The van der Waals surface area contributed by atoms with E-state index in [0.29, 0.717) is 31.2 Å². The summed E-state index contributed by atoms with van der Waals surface area (Å²) in [4.78, 5) is 8.07. The lowest BCUT2D eigenvalue weighted by Crippen LogP contribution is -2.37. The molecule has 0 aliphatic rings. The van der Waals surface area contributed by atoms with Crippen LogP contribution in [0.5, 0.6) is 0 Å². The van der Waals surface area contributed by atoms with Crippen molar-refractivity contribution < 1.29 is 8.78 Å². The Bertz CT molecular complexity index is 906. The third kappa shape index (κ3) is 5.13. The van der Waals surface area contributed by atoms with Crippen LogP contribution in [0.3, 0.4) is 0 Å². The Morgan fingerprint density at radius 1 is 1.11 bits per heavy atom. The van der Waals surface area contributed by atoms with E-state index in [1.807, 2.05) is 12.1 Å². The largest absolute Gasteiger partial charge is 0.356 e. The monoisotopic (exact) mass is 369 g/mol. The van der Waals surface area contributed by atoms with Gasteiger partial charge in [0, 0.05) is 32.5 Å². The highest BCUT2D eigenvalue weighted by Crippen LogP contribution is 2.14. The Balaban J connectivity index is 1.51. The Morgan fingerprint density at radius 2 is 2.00 bits per heavy atom. The van der Waals surface area contributed by atoms with Crippen LogP contribution in [0, 0.1) is 11.6 Å². The van der Waals surface area contributed by atoms with Crippen molar-refractivity contribution in [1.82, 2.24) is 20.2 Å². The van der Waals surface area contributed by atoms with Crippen LogP contribution >= 0.6 is 0 Å². The van der Waals surface area contributed by atoms with Crippen molar-refractivity contribution in [3.05, 3.63) is 83.9 Å². The zero-order valence-electron chi connectivity index (χ0n) is 15.0. The van der Waals surface area contributed by atoms with Gasteiger partial charge < -0.3 is 15.2 Å². The molecule has 1 aromatic heterocycles. The summed E-state index contributed by atoms with van der Waals surface area (Å²) in [6.07, 6.45) is 5.53. The molecule has 0 fully saturated rings. The Hall–Kier alpha value is -3.22. The van der Waals surface area contributed by atoms with E-state index < -0.39 is 0 Å². The van der Waals surface area contributed by atoms with Crippen LogP contribution in [0.4, 0.5) is 8.78 Å². The van der Waals surface area contributed by atoms with Crippen molar-refractivity contribution in [2.45, 2.75) is 13.0 Å². The maximum Gasteiger partial charge on any atom is 0.191 e. The first-order valence-corrected chi connectivity index (χ1v) is 8.61. The van der Waals surface area contributed by atoms with Crippen molar-refractivity contribution in [2.75, 3.05) is 13.6 Å². The smallest absolute Gasteiger partial charge is 0.191 e. The maximum atomic E-state index is 14.3. The van der Waals surface area contributed by atoms with Gasteiger partial charge in [0.15, 0.2) is 5.96 Å². The SMILES string of the molecule is CN=C(NCCc1cccc(F)c1)NCc1ccc(-n2ccnc2)c(F)c1. The molecule has 0 atom stereocenters. The number of hydrogen-bond donors (Lipinski definition) is 2. The first-order valence-electron chi connectivity index (χ1n) is 8.61. The fourth-order valence-corrected chi connectivity index (χ4v) is 2.70. The number of hydrogen-bond acceptors (Lipinski definition) is 2. The topological polar surface area (TPSA) is 54.2 Å². The second-order valence-electron chi connectivity index (χ2n) is 5.99. The minimum Gasteiger partial charge on any atom is -0.356 e. The molecule has 0 amide bonds. The molecule has 0 bridgehead atoms. The molecule has 0 spiro atoms. The van der Waals surface area contributed by atoms with E-state index in [0.717, 1.165) is 11.1 Å². The number of aromatic nitrogens is 2. The van der Waals surface area contributed by atoms with Crippen LogP contribution in [0.15, 0.2) is 66.2 Å². The summed E-state index contributed by atoms with van der Waals surface area (Å²) in [5, 5.41) is 6.31. The third-order valence-corrected chi connectivity index (χ3v) is 4.07. The zero-order chi connectivity index (χ0) is 19.1. The molecular weight excluding hydrogens is 348 g/mol.